The number of thioether (sulfide) groups is 1. The Morgan fingerprint density at radius 1 is 1.00 bits per heavy atom. The second kappa shape index (κ2) is 9.85. The van der Waals surface area contributed by atoms with Crippen molar-refractivity contribution in [3.05, 3.63) is 64.7 Å². The van der Waals surface area contributed by atoms with Crippen LogP contribution in [-0.2, 0) is 10.2 Å². The Hall–Kier alpha value is -2.39. The van der Waals surface area contributed by atoms with Gasteiger partial charge in [-0.15, -0.1) is 10.2 Å². The van der Waals surface area contributed by atoms with Gasteiger partial charge in [0.05, 0.1) is 0 Å². The first-order valence-electron chi connectivity index (χ1n) is 10.8. The molecule has 2 aromatic carbocycles. The number of alkyl halides is 3. The van der Waals surface area contributed by atoms with Crippen molar-refractivity contribution in [2.24, 2.45) is 0 Å². The minimum Gasteiger partial charge on any atom is -0.346 e. The van der Waals surface area contributed by atoms with Gasteiger partial charge >= 0.3 is 6.18 Å². The molecule has 4 nitrogen and oxygen atoms in total. The van der Waals surface area contributed by atoms with Gasteiger partial charge in [0, 0.05) is 5.75 Å². The molecule has 0 aliphatic heterocycles. The second-order valence-corrected chi connectivity index (χ2v) is 10.6. The minimum atomic E-state index is -4.46. The van der Waals surface area contributed by atoms with Crippen LogP contribution in [0, 0.1) is 6.92 Å². The van der Waals surface area contributed by atoms with E-state index in [0.717, 1.165) is 56.6 Å². The van der Waals surface area contributed by atoms with E-state index < -0.39 is 24.0 Å². The van der Waals surface area contributed by atoms with Crippen LogP contribution in [0.1, 0.15) is 41.8 Å². The maximum atomic E-state index is 13.4. The Balaban J connectivity index is 1.52. The molecule has 1 N–H and O–H groups in total. The fraction of sp³-hybridized carbons (Fsp3) is 0.375. The fourth-order valence-electron chi connectivity index (χ4n) is 4.45. The summed E-state index contributed by atoms with van der Waals surface area (Å²) >= 11 is 3.22. The molecule has 33 heavy (non-hydrogen) atoms. The van der Waals surface area contributed by atoms with E-state index >= 15 is 0 Å². The Morgan fingerprint density at radius 2 is 1.64 bits per heavy atom. The molecule has 1 heterocycles. The van der Waals surface area contributed by atoms with Gasteiger partial charge < -0.3 is 5.32 Å². The van der Waals surface area contributed by atoms with Crippen LogP contribution < -0.4 is 5.32 Å². The Morgan fingerprint density at radius 3 is 2.21 bits per heavy atom. The molecule has 1 amide bonds. The molecule has 0 atom stereocenters. The highest BCUT2D eigenvalue weighted by atomic mass is 32.2. The third-order valence-electron chi connectivity index (χ3n) is 5.83. The van der Waals surface area contributed by atoms with Crippen molar-refractivity contribution in [1.82, 2.24) is 15.5 Å². The van der Waals surface area contributed by atoms with E-state index in [0.29, 0.717) is 6.42 Å². The fourth-order valence-corrected chi connectivity index (χ4v) is 6.33. The van der Waals surface area contributed by atoms with E-state index in [1.54, 1.807) is 23.1 Å². The number of carbonyl (C=O) groups is 1. The van der Waals surface area contributed by atoms with Crippen LogP contribution in [0.2, 0.25) is 0 Å². The van der Waals surface area contributed by atoms with Gasteiger partial charge in [-0.3, -0.25) is 4.79 Å². The number of aryl methyl sites for hydroxylation is 1. The summed E-state index contributed by atoms with van der Waals surface area (Å²) in [7, 11) is 0. The summed E-state index contributed by atoms with van der Waals surface area (Å²) < 4.78 is 39.7. The summed E-state index contributed by atoms with van der Waals surface area (Å²) in [5.74, 6) is 0.297. The smallest absolute Gasteiger partial charge is 0.346 e. The molecule has 0 saturated carbocycles. The summed E-state index contributed by atoms with van der Waals surface area (Å²) in [4.78, 5) is 13.4. The Bertz CT molecular complexity index is 1080. The maximum absolute atomic E-state index is 13.4. The molecule has 174 valence electrons. The predicted octanol–water partition coefficient (Wildman–Crippen LogP) is 6.14. The van der Waals surface area contributed by atoms with Gasteiger partial charge in [-0.1, -0.05) is 84.5 Å². The third-order valence-corrected chi connectivity index (χ3v) is 7.89. The lowest BCUT2D eigenvalue weighted by Crippen LogP contribution is -2.47. The summed E-state index contributed by atoms with van der Waals surface area (Å²) in [5.41, 5.74) is 2.27. The van der Waals surface area contributed by atoms with E-state index in [1.807, 2.05) is 55.5 Å². The lowest BCUT2D eigenvalue weighted by Gasteiger charge is -2.31. The standard InChI is InChI=1S/C24H24F3N3OS2/c1-16-29-30-22(33-16)32-14-8-2-7-13-23(21(31)28-15-24(25,26)27)19-11-5-3-9-17(19)18-10-4-6-12-20(18)23/h3-6,9-12H,2,7-8,13-15H2,1H3,(H,28,31). The monoisotopic (exact) mass is 491 g/mol. The molecule has 4 rings (SSSR count). The van der Waals surface area contributed by atoms with Gasteiger partial charge in [0.1, 0.15) is 17.0 Å². The zero-order valence-corrected chi connectivity index (χ0v) is 19.7. The number of aromatic nitrogens is 2. The number of hydrogen-bond donors (Lipinski definition) is 1. The molecule has 0 radical (unpaired) electrons. The molecule has 3 aromatic rings. The van der Waals surface area contributed by atoms with E-state index in [9.17, 15) is 18.0 Å². The van der Waals surface area contributed by atoms with E-state index in [1.165, 1.54) is 0 Å². The van der Waals surface area contributed by atoms with Crippen LogP contribution in [0.4, 0.5) is 13.2 Å². The number of nitrogens with one attached hydrogen (secondary N) is 1. The number of hydrogen-bond acceptors (Lipinski definition) is 5. The van der Waals surface area contributed by atoms with Crippen molar-refractivity contribution in [3.63, 3.8) is 0 Å². The topological polar surface area (TPSA) is 54.9 Å². The summed E-state index contributed by atoms with van der Waals surface area (Å²) in [6.45, 7) is 0.581. The molecule has 9 heteroatoms. The van der Waals surface area contributed by atoms with Gasteiger partial charge in [-0.25, -0.2) is 0 Å². The molecule has 0 spiro atoms. The van der Waals surface area contributed by atoms with Crippen LogP contribution >= 0.6 is 23.1 Å². The minimum absolute atomic E-state index is 0.452. The first kappa shape index (κ1) is 23.8. The second-order valence-electron chi connectivity index (χ2n) is 8.04. The Labute approximate surface area is 199 Å². The average molecular weight is 492 g/mol. The van der Waals surface area contributed by atoms with Crippen LogP contribution in [0.25, 0.3) is 11.1 Å². The first-order valence-corrected chi connectivity index (χ1v) is 12.6. The van der Waals surface area contributed by atoms with E-state index in [2.05, 4.69) is 15.5 Å². The average Bonchev–Trinajstić information content (AvgIpc) is 3.34. The number of carbonyl (C=O) groups excluding carboxylic acids is 1. The summed E-state index contributed by atoms with van der Waals surface area (Å²) in [6.07, 6.45) is -1.50. The van der Waals surface area contributed by atoms with Crippen molar-refractivity contribution < 1.29 is 18.0 Å². The van der Waals surface area contributed by atoms with Crippen molar-refractivity contribution in [2.75, 3.05) is 12.3 Å². The largest absolute Gasteiger partial charge is 0.405 e. The highest BCUT2D eigenvalue weighted by Gasteiger charge is 2.49. The quantitative estimate of drug-likeness (QED) is 0.288. The van der Waals surface area contributed by atoms with Crippen molar-refractivity contribution in [1.29, 1.82) is 0 Å². The first-order chi connectivity index (χ1) is 15.8. The van der Waals surface area contributed by atoms with Crippen LogP contribution in [-0.4, -0.2) is 34.6 Å². The predicted molar refractivity (Wildman–Crippen MR) is 126 cm³/mol. The molecule has 0 bridgehead atoms. The number of nitrogens with zero attached hydrogens (tertiary/aromatic N) is 2. The Kier molecular flexibility index (Phi) is 7.09. The normalized spacial score (nSPS) is 14.1. The zero-order chi connectivity index (χ0) is 23.5. The molecule has 1 aliphatic rings. The molecular weight excluding hydrogens is 467 g/mol. The lowest BCUT2D eigenvalue weighted by atomic mass is 9.73. The number of rotatable bonds is 9. The lowest BCUT2D eigenvalue weighted by molar-refractivity contribution is -0.141. The van der Waals surface area contributed by atoms with Crippen LogP contribution in [0.3, 0.4) is 0 Å². The molecule has 0 fully saturated rings. The van der Waals surface area contributed by atoms with Gasteiger partial charge in [-0.05, 0) is 42.0 Å². The van der Waals surface area contributed by atoms with Crippen molar-refractivity contribution >= 4 is 29.0 Å². The van der Waals surface area contributed by atoms with Crippen molar-refractivity contribution in [3.8, 4) is 11.1 Å². The summed E-state index contributed by atoms with van der Waals surface area (Å²) in [6, 6.07) is 15.1. The number of benzene rings is 2. The maximum Gasteiger partial charge on any atom is 0.405 e. The number of halogens is 3. The third kappa shape index (κ3) is 5.09. The highest BCUT2D eigenvalue weighted by Crippen LogP contribution is 2.51. The molecular formula is C24H24F3N3OS2. The van der Waals surface area contributed by atoms with Gasteiger partial charge in [0.15, 0.2) is 4.34 Å². The summed E-state index contributed by atoms with van der Waals surface area (Å²) in [5, 5.41) is 11.2. The molecule has 1 aliphatic carbocycles. The van der Waals surface area contributed by atoms with E-state index in [4.69, 9.17) is 0 Å². The molecule has 0 unspecified atom stereocenters. The molecule has 0 saturated heterocycles. The van der Waals surface area contributed by atoms with Gasteiger partial charge in [-0.2, -0.15) is 13.2 Å². The van der Waals surface area contributed by atoms with Crippen molar-refractivity contribution in [2.45, 2.75) is 48.5 Å². The zero-order valence-electron chi connectivity index (χ0n) is 18.1. The SMILES string of the molecule is Cc1nnc(SCCCCCC2(C(=O)NCC(F)(F)F)c3ccccc3-c3ccccc32)s1. The number of unbranched alkanes of at least 4 members (excludes halogenated alkanes) is 2. The van der Waals surface area contributed by atoms with Crippen LogP contribution in [0.15, 0.2) is 52.9 Å². The molecule has 1 aromatic heterocycles. The number of fused-ring (bicyclic) bond motifs is 3. The van der Waals surface area contributed by atoms with Gasteiger partial charge in [0.25, 0.3) is 0 Å². The van der Waals surface area contributed by atoms with E-state index in [-0.39, 0.29) is 0 Å². The number of amides is 1. The van der Waals surface area contributed by atoms with Gasteiger partial charge in [0.2, 0.25) is 5.91 Å². The van der Waals surface area contributed by atoms with Crippen LogP contribution in [0.5, 0.6) is 0 Å². The highest BCUT2D eigenvalue weighted by molar-refractivity contribution is 8.01.